The maximum Gasteiger partial charge on any atom is 0.419 e. The highest BCUT2D eigenvalue weighted by molar-refractivity contribution is 6.53. The fraction of sp³-hybridized carbons (Fsp3) is 0.192. The monoisotopic (exact) mass is 637 g/mol. The lowest BCUT2D eigenvalue weighted by Crippen LogP contribution is -2.18. The van der Waals surface area contributed by atoms with Gasteiger partial charge in [-0.25, -0.2) is 13.2 Å². The largest absolute Gasteiger partial charge is 0.419 e. The molecule has 1 aliphatic carbocycles. The van der Waals surface area contributed by atoms with Crippen molar-refractivity contribution in [3.8, 4) is 0 Å². The Balaban J connectivity index is 1.53. The van der Waals surface area contributed by atoms with E-state index in [1.807, 2.05) is 0 Å². The molecular weight excluding hydrogens is 623 g/mol. The lowest BCUT2D eigenvalue weighted by atomic mass is 10.0. The molecule has 15 heteroatoms. The van der Waals surface area contributed by atoms with Crippen molar-refractivity contribution < 1.29 is 40.7 Å². The van der Waals surface area contributed by atoms with E-state index in [1.165, 1.54) is 12.1 Å². The third-order valence-electron chi connectivity index (χ3n) is 6.09. The molecule has 3 N–H and O–H groups in total. The molecular formula is C26H16Cl3F6N3O3. The molecule has 1 saturated carbocycles. The van der Waals surface area contributed by atoms with Crippen LogP contribution in [0.3, 0.4) is 0 Å². The van der Waals surface area contributed by atoms with Crippen molar-refractivity contribution in [2.75, 3.05) is 16.0 Å². The molecule has 1 aliphatic rings. The number of rotatable bonds is 6. The second-order valence-electron chi connectivity index (χ2n) is 9.00. The van der Waals surface area contributed by atoms with Crippen LogP contribution in [0.25, 0.3) is 0 Å². The predicted molar refractivity (Wildman–Crippen MR) is 141 cm³/mol. The number of carbonyl (C=O) groups excluding carboxylic acids is 3. The van der Waals surface area contributed by atoms with Crippen molar-refractivity contribution in [3.63, 3.8) is 0 Å². The van der Waals surface area contributed by atoms with Gasteiger partial charge in [0, 0.05) is 24.6 Å². The number of halogens is 9. The summed E-state index contributed by atoms with van der Waals surface area (Å²) in [4.78, 5) is 37.1. The van der Waals surface area contributed by atoms with Crippen LogP contribution in [0.4, 0.5) is 43.4 Å². The summed E-state index contributed by atoms with van der Waals surface area (Å²) in [7, 11) is 0. The molecule has 4 rings (SSSR count). The minimum atomic E-state index is -4.99. The van der Waals surface area contributed by atoms with E-state index in [0.717, 1.165) is 25.1 Å². The van der Waals surface area contributed by atoms with E-state index in [2.05, 4.69) is 16.0 Å². The number of anilines is 3. The summed E-state index contributed by atoms with van der Waals surface area (Å²) in [6.45, 7) is 1.10. The summed E-state index contributed by atoms with van der Waals surface area (Å²) in [5, 5.41) is 6.66. The van der Waals surface area contributed by atoms with Gasteiger partial charge < -0.3 is 16.0 Å². The average molecular weight is 639 g/mol. The Kier molecular flexibility index (Phi) is 8.23. The van der Waals surface area contributed by atoms with Gasteiger partial charge in [0.15, 0.2) is 0 Å². The Labute approximate surface area is 242 Å². The second kappa shape index (κ2) is 11.1. The first-order chi connectivity index (χ1) is 19.0. The van der Waals surface area contributed by atoms with Crippen molar-refractivity contribution >= 4 is 69.6 Å². The first-order valence-corrected chi connectivity index (χ1v) is 12.6. The number of benzene rings is 3. The fourth-order valence-electron chi connectivity index (χ4n) is 4.14. The van der Waals surface area contributed by atoms with E-state index in [1.54, 1.807) is 0 Å². The van der Waals surface area contributed by atoms with E-state index in [9.17, 15) is 40.7 Å². The van der Waals surface area contributed by atoms with Gasteiger partial charge in [0.2, 0.25) is 11.8 Å². The summed E-state index contributed by atoms with van der Waals surface area (Å²) in [5.74, 6) is -8.53. The highest BCUT2D eigenvalue weighted by atomic mass is 35.5. The lowest BCUT2D eigenvalue weighted by molar-refractivity contribution is -0.140. The third kappa shape index (κ3) is 6.39. The smallest absolute Gasteiger partial charge is 0.326 e. The minimum Gasteiger partial charge on any atom is -0.326 e. The molecule has 3 amide bonds. The molecule has 3 aromatic rings. The average Bonchev–Trinajstić information content (AvgIpc) is 3.44. The van der Waals surface area contributed by atoms with Crippen LogP contribution in [-0.4, -0.2) is 22.1 Å². The highest BCUT2D eigenvalue weighted by Crippen LogP contribution is 2.65. The number of hydrogen-bond donors (Lipinski definition) is 3. The first kappa shape index (κ1) is 30.5. The molecule has 0 bridgehead atoms. The van der Waals surface area contributed by atoms with Crippen molar-refractivity contribution in [3.05, 3.63) is 87.7 Å². The summed E-state index contributed by atoms with van der Waals surface area (Å²) >= 11 is 18.5. The zero-order chi connectivity index (χ0) is 30.4. The van der Waals surface area contributed by atoms with Crippen molar-refractivity contribution in [2.45, 2.75) is 23.4 Å². The Morgan fingerprint density at radius 3 is 2.07 bits per heavy atom. The number of hydrogen-bond acceptors (Lipinski definition) is 3. The normalized spacial score (nSPS) is 17.5. The standard InChI is InChI=1S/C26H16Cl3F6N3O3/c1-10(39)36-19-9-20(18(32)8-17(19)31)38-23(40)13-7-12(3-4-15(13)27)37-24(41)22-21(25(22,28)29)11-2-5-16(30)14(6-11)26(33,34)35/h2-9,21-22H,1H3,(H,36,39)(H,37,41)(H,38,40)/t21?,22-/m1/s1. The van der Waals surface area contributed by atoms with Crippen LogP contribution in [0.15, 0.2) is 48.5 Å². The molecule has 1 fully saturated rings. The molecule has 2 atom stereocenters. The van der Waals surface area contributed by atoms with E-state index in [-0.39, 0.29) is 21.8 Å². The zero-order valence-corrected chi connectivity index (χ0v) is 22.7. The van der Waals surface area contributed by atoms with Gasteiger partial charge in [0.05, 0.1) is 33.4 Å². The molecule has 0 radical (unpaired) electrons. The van der Waals surface area contributed by atoms with Crippen molar-refractivity contribution in [2.24, 2.45) is 5.92 Å². The van der Waals surface area contributed by atoms with Crippen molar-refractivity contribution in [1.82, 2.24) is 0 Å². The van der Waals surface area contributed by atoms with Gasteiger partial charge in [0.25, 0.3) is 5.91 Å². The topological polar surface area (TPSA) is 87.3 Å². The molecule has 1 unspecified atom stereocenters. The van der Waals surface area contributed by atoms with Crippen LogP contribution in [-0.2, 0) is 15.8 Å². The van der Waals surface area contributed by atoms with Gasteiger partial charge in [-0.3, -0.25) is 14.4 Å². The molecule has 3 aromatic carbocycles. The van der Waals surface area contributed by atoms with Crippen LogP contribution >= 0.6 is 34.8 Å². The Morgan fingerprint density at radius 1 is 0.829 bits per heavy atom. The van der Waals surface area contributed by atoms with E-state index in [4.69, 9.17) is 34.8 Å². The number of carbonyl (C=O) groups is 3. The molecule has 0 aromatic heterocycles. The van der Waals surface area contributed by atoms with E-state index < -0.39 is 74.5 Å². The van der Waals surface area contributed by atoms with Gasteiger partial charge in [0.1, 0.15) is 21.8 Å². The van der Waals surface area contributed by atoms with E-state index >= 15 is 0 Å². The molecule has 0 saturated heterocycles. The molecule has 216 valence electrons. The Morgan fingerprint density at radius 2 is 1.46 bits per heavy atom. The van der Waals surface area contributed by atoms with Crippen LogP contribution in [0.5, 0.6) is 0 Å². The summed E-state index contributed by atoms with van der Waals surface area (Å²) < 4.78 is 79.5. The lowest BCUT2D eigenvalue weighted by Gasteiger charge is -2.12. The van der Waals surface area contributed by atoms with Gasteiger partial charge >= 0.3 is 6.18 Å². The Bertz CT molecular complexity index is 1580. The SMILES string of the molecule is CC(=O)Nc1cc(NC(=O)c2cc(NC(=O)[C@H]3C(c4ccc(F)c(C(F)(F)F)c4)C3(Cl)Cl)ccc2Cl)c(F)cc1F. The fourth-order valence-corrected chi connectivity index (χ4v) is 5.17. The zero-order valence-electron chi connectivity index (χ0n) is 20.4. The number of nitrogens with one attached hydrogen (secondary N) is 3. The van der Waals surface area contributed by atoms with Gasteiger partial charge in [-0.05, 0) is 42.0 Å². The maximum absolute atomic E-state index is 14.3. The van der Waals surface area contributed by atoms with E-state index in [0.29, 0.717) is 18.2 Å². The number of amides is 3. The molecule has 0 aliphatic heterocycles. The van der Waals surface area contributed by atoms with Crippen LogP contribution < -0.4 is 16.0 Å². The minimum absolute atomic E-state index is 0.00654. The van der Waals surface area contributed by atoms with Gasteiger partial charge in [-0.15, -0.1) is 23.2 Å². The van der Waals surface area contributed by atoms with Crippen LogP contribution in [0.2, 0.25) is 5.02 Å². The summed E-state index contributed by atoms with van der Waals surface area (Å²) in [5.41, 5.74) is -2.79. The maximum atomic E-state index is 14.3. The molecule has 0 spiro atoms. The second-order valence-corrected chi connectivity index (χ2v) is 10.8. The van der Waals surface area contributed by atoms with Gasteiger partial charge in [-0.2, -0.15) is 13.2 Å². The Hall–Kier alpha value is -3.48. The third-order valence-corrected chi connectivity index (χ3v) is 7.36. The predicted octanol–water partition coefficient (Wildman–Crippen LogP) is 7.51. The quantitative estimate of drug-likeness (QED) is 0.193. The van der Waals surface area contributed by atoms with Crippen molar-refractivity contribution in [1.29, 1.82) is 0 Å². The summed E-state index contributed by atoms with van der Waals surface area (Å²) in [6.07, 6.45) is -4.99. The first-order valence-electron chi connectivity index (χ1n) is 11.4. The van der Waals surface area contributed by atoms with Crippen LogP contribution in [0, 0.1) is 23.4 Å². The molecule has 41 heavy (non-hydrogen) atoms. The summed E-state index contributed by atoms with van der Waals surface area (Å²) in [6, 6.07) is 7.12. The molecule has 6 nitrogen and oxygen atoms in total. The highest BCUT2D eigenvalue weighted by Gasteiger charge is 2.67. The van der Waals surface area contributed by atoms with Gasteiger partial charge in [-0.1, -0.05) is 17.7 Å². The van der Waals surface area contributed by atoms with Crippen LogP contribution in [0.1, 0.15) is 34.3 Å². The number of alkyl halides is 5. The molecule has 0 heterocycles.